The molecule has 2 amide bonds. The minimum absolute atomic E-state index is 0.144. The van der Waals surface area contributed by atoms with E-state index in [2.05, 4.69) is 0 Å². The van der Waals surface area contributed by atoms with Gasteiger partial charge < -0.3 is 23.7 Å². The smallest absolute Gasteiger partial charge is 0.311 e. The van der Waals surface area contributed by atoms with E-state index in [1.807, 2.05) is 30.3 Å². The summed E-state index contributed by atoms with van der Waals surface area (Å²) in [5.41, 5.74) is -0.385. The molecule has 0 N–H and O–H groups in total. The van der Waals surface area contributed by atoms with Crippen molar-refractivity contribution in [2.45, 2.75) is 44.2 Å². The fourth-order valence-electron chi connectivity index (χ4n) is 5.40. The van der Waals surface area contributed by atoms with Crippen molar-refractivity contribution in [2.75, 3.05) is 33.4 Å². The number of rotatable bonds is 7. The maximum atomic E-state index is 14.2. The molecule has 2 fully saturated rings. The van der Waals surface area contributed by atoms with Gasteiger partial charge in [0.2, 0.25) is 5.91 Å². The topological polar surface area (TPSA) is 89.3 Å². The van der Waals surface area contributed by atoms with Crippen LogP contribution in [0.25, 0.3) is 0 Å². The lowest BCUT2D eigenvalue weighted by molar-refractivity contribution is -0.148. The second kappa shape index (κ2) is 10.4. The number of hydrogen-bond donors (Lipinski definition) is 0. The summed E-state index contributed by atoms with van der Waals surface area (Å²) >= 11 is 0. The Labute approximate surface area is 199 Å². The van der Waals surface area contributed by atoms with Crippen molar-refractivity contribution >= 4 is 17.8 Å². The van der Waals surface area contributed by atoms with Crippen LogP contribution in [-0.4, -0.2) is 66.5 Å². The van der Waals surface area contributed by atoms with E-state index in [-0.39, 0.29) is 24.7 Å². The van der Waals surface area contributed by atoms with E-state index in [1.165, 1.54) is 6.26 Å². The summed E-state index contributed by atoms with van der Waals surface area (Å²) in [6, 6.07) is 12.0. The van der Waals surface area contributed by atoms with Crippen LogP contribution in [0.1, 0.15) is 54.8 Å². The van der Waals surface area contributed by atoms with Crippen LogP contribution >= 0.6 is 0 Å². The molecule has 0 unspecified atom stereocenters. The third kappa shape index (κ3) is 4.34. The van der Waals surface area contributed by atoms with Crippen molar-refractivity contribution in [3.05, 3.63) is 60.1 Å². The number of ether oxygens (including phenoxy) is 2. The standard InChI is InChI=1S/C26H32N2O6/c1-3-33-24(30)20-18-26(13-7-8-14-27(25(26)31)15-17-32-2)28(23(29)21-12-9-16-34-21)22(20)19-10-5-4-6-11-19/h4-6,9-12,16,20,22H,3,7-8,13-15,17-18H2,1-2H3/t20-,22-,26-/m0/s1. The van der Waals surface area contributed by atoms with Crippen molar-refractivity contribution in [1.82, 2.24) is 9.80 Å². The van der Waals surface area contributed by atoms with Crippen LogP contribution in [-0.2, 0) is 19.1 Å². The summed E-state index contributed by atoms with van der Waals surface area (Å²) in [7, 11) is 1.60. The van der Waals surface area contributed by atoms with Crippen molar-refractivity contribution < 1.29 is 28.3 Å². The third-order valence-electron chi connectivity index (χ3n) is 6.88. The van der Waals surface area contributed by atoms with Crippen LogP contribution in [0, 0.1) is 5.92 Å². The first-order valence-corrected chi connectivity index (χ1v) is 11.9. The number of amides is 2. The number of hydrogen-bond acceptors (Lipinski definition) is 6. The molecule has 0 radical (unpaired) electrons. The average Bonchev–Trinajstić information content (AvgIpc) is 3.47. The van der Waals surface area contributed by atoms with E-state index in [4.69, 9.17) is 13.9 Å². The van der Waals surface area contributed by atoms with Crippen LogP contribution in [0.5, 0.6) is 0 Å². The molecule has 1 aromatic heterocycles. The number of likely N-dealkylation sites (tertiary alicyclic amines) is 2. The lowest BCUT2D eigenvalue weighted by Gasteiger charge is -2.41. The minimum atomic E-state index is -1.17. The highest BCUT2D eigenvalue weighted by atomic mass is 16.5. The Morgan fingerprint density at radius 2 is 1.94 bits per heavy atom. The van der Waals surface area contributed by atoms with E-state index in [9.17, 15) is 14.4 Å². The van der Waals surface area contributed by atoms with Gasteiger partial charge in [0, 0.05) is 20.2 Å². The van der Waals surface area contributed by atoms with E-state index in [1.54, 1.807) is 36.0 Å². The summed E-state index contributed by atoms with van der Waals surface area (Å²) in [5.74, 6) is -1.47. The van der Waals surface area contributed by atoms with Gasteiger partial charge in [0.15, 0.2) is 5.76 Å². The Bertz CT molecular complexity index is 992. The maximum absolute atomic E-state index is 14.2. The van der Waals surface area contributed by atoms with Crippen LogP contribution in [0.3, 0.4) is 0 Å². The summed E-state index contributed by atoms with van der Waals surface area (Å²) in [6.07, 6.45) is 3.70. The number of methoxy groups -OCH3 is 1. The highest BCUT2D eigenvalue weighted by Gasteiger charge is 2.62. The number of furan rings is 1. The zero-order valence-corrected chi connectivity index (χ0v) is 19.8. The molecule has 0 saturated carbocycles. The van der Waals surface area contributed by atoms with Crippen LogP contribution in [0.15, 0.2) is 53.1 Å². The van der Waals surface area contributed by atoms with Crippen molar-refractivity contribution in [2.24, 2.45) is 5.92 Å². The normalized spacial score (nSPS) is 24.9. The van der Waals surface area contributed by atoms with Gasteiger partial charge in [0.05, 0.1) is 31.4 Å². The average molecular weight is 469 g/mol. The van der Waals surface area contributed by atoms with Gasteiger partial charge in [-0.2, -0.15) is 0 Å². The highest BCUT2D eigenvalue weighted by molar-refractivity contribution is 6.00. The molecule has 0 bridgehead atoms. The van der Waals surface area contributed by atoms with Gasteiger partial charge in [-0.3, -0.25) is 14.4 Å². The first-order chi connectivity index (χ1) is 16.5. The van der Waals surface area contributed by atoms with Crippen LogP contribution in [0.2, 0.25) is 0 Å². The SMILES string of the molecule is CCOC(=O)[C@H]1C[C@]2(CCCCN(CCOC)C2=O)N(C(=O)c2ccco2)[C@H]1c1ccccc1. The number of carbonyl (C=O) groups is 3. The van der Waals surface area contributed by atoms with Gasteiger partial charge in [-0.15, -0.1) is 0 Å². The molecule has 2 saturated heterocycles. The molecule has 1 aromatic carbocycles. The predicted octanol–water partition coefficient (Wildman–Crippen LogP) is 3.44. The zero-order chi connectivity index (χ0) is 24.1. The van der Waals surface area contributed by atoms with Gasteiger partial charge in [0.1, 0.15) is 5.54 Å². The summed E-state index contributed by atoms with van der Waals surface area (Å²) < 4.78 is 16.2. The fourth-order valence-corrected chi connectivity index (χ4v) is 5.40. The summed E-state index contributed by atoms with van der Waals surface area (Å²) in [4.78, 5) is 44.7. The fraction of sp³-hybridized carbons (Fsp3) is 0.500. The maximum Gasteiger partial charge on any atom is 0.311 e. The van der Waals surface area contributed by atoms with Crippen molar-refractivity contribution in [1.29, 1.82) is 0 Å². The number of nitrogens with zero attached hydrogens (tertiary/aromatic N) is 2. The Kier molecular flexibility index (Phi) is 7.36. The monoisotopic (exact) mass is 468 g/mol. The molecule has 34 heavy (non-hydrogen) atoms. The second-order valence-corrected chi connectivity index (χ2v) is 8.84. The van der Waals surface area contributed by atoms with E-state index >= 15 is 0 Å². The first kappa shape index (κ1) is 24.0. The van der Waals surface area contributed by atoms with Crippen LogP contribution < -0.4 is 0 Å². The molecular formula is C26H32N2O6. The van der Waals surface area contributed by atoms with Gasteiger partial charge in [-0.1, -0.05) is 30.3 Å². The minimum Gasteiger partial charge on any atom is -0.466 e. The number of benzene rings is 1. The Hall–Kier alpha value is -3.13. The lowest BCUT2D eigenvalue weighted by atomic mass is 9.85. The molecule has 4 rings (SSSR count). The van der Waals surface area contributed by atoms with E-state index in [0.29, 0.717) is 26.1 Å². The number of esters is 1. The first-order valence-electron chi connectivity index (χ1n) is 11.9. The van der Waals surface area contributed by atoms with Gasteiger partial charge in [-0.25, -0.2) is 0 Å². The number of carbonyl (C=O) groups excluding carboxylic acids is 3. The highest BCUT2D eigenvalue weighted by Crippen LogP contribution is 2.51. The molecule has 3 heterocycles. The van der Waals surface area contributed by atoms with Crippen LogP contribution in [0.4, 0.5) is 0 Å². The molecule has 2 aromatic rings. The molecule has 2 aliphatic heterocycles. The van der Waals surface area contributed by atoms with Crippen molar-refractivity contribution in [3.8, 4) is 0 Å². The predicted molar refractivity (Wildman–Crippen MR) is 124 cm³/mol. The zero-order valence-electron chi connectivity index (χ0n) is 19.8. The molecule has 2 aliphatic rings. The van der Waals surface area contributed by atoms with E-state index < -0.39 is 29.4 Å². The Balaban J connectivity index is 1.87. The molecule has 0 aliphatic carbocycles. The third-order valence-corrected chi connectivity index (χ3v) is 6.88. The largest absolute Gasteiger partial charge is 0.466 e. The quantitative estimate of drug-likeness (QED) is 0.579. The molecule has 1 spiro atoms. The van der Waals surface area contributed by atoms with E-state index in [0.717, 1.165) is 18.4 Å². The molecule has 8 heteroatoms. The Morgan fingerprint density at radius 1 is 1.15 bits per heavy atom. The van der Waals surface area contributed by atoms with Crippen molar-refractivity contribution in [3.63, 3.8) is 0 Å². The van der Waals surface area contributed by atoms with Gasteiger partial charge in [-0.05, 0) is 50.3 Å². The molecule has 3 atom stereocenters. The van der Waals surface area contributed by atoms with Gasteiger partial charge >= 0.3 is 5.97 Å². The molecule has 182 valence electrons. The summed E-state index contributed by atoms with van der Waals surface area (Å²) in [6.45, 7) is 3.41. The summed E-state index contributed by atoms with van der Waals surface area (Å²) in [5, 5.41) is 0. The Morgan fingerprint density at radius 3 is 2.62 bits per heavy atom. The molecular weight excluding hydrogens is 436 g/mol. The lowest BCUT2D eigenvalue weighted by Crippen LogP contribution is -2.58. The second-order valence-electron chi connectivity index (χ2n) is 8.84. The van der Waals surface area contributed by atoms with Gasteiger partial charge in [0.25, 0.3) is 5.91 Å². The molecule has 8 nitrogen and oxygen atoms in total.